The molecule has 0 N–H and O–H groups in total. The molecule has 2 aromatic carbocycles. The number of carbonyl (C=O) groups is 1. The standard InChI is InChI=1S/C17H14ClIO/c18-15-10-14(6-7-16(15)19)17(20)9-11-4-5-12-2-1-3-13(12)8-11/h4-8,10H,1-3,9H2. The van der Waals surface area contributed by atoms with Crippen molar-refractivity contribution in [1.29, 1.82) is 0 Å². The maximum atomic E-state index is 12.3. The molecule has 20 heavy (non-hydrogen) atoms. The molecule has 0 saturated carbocycles. The van der Waals surface area contributed by atoms with Crippen LogP contribution >= 0.6 is 34.2 Å². The highest BCUT2D eigenvalue weighted by Crippen LogP contribution is 2.24. The van der Waals surface area contributed by atoms with Crippen molar-refractivity contribution in [3.05, 3.63) is 67.2 Å². The molecule has 0 heterocycles. The molecule has 3 heteroatoms. The molecule has 2 aromatic rings. The molecule has 0 fully saturated rings. The van der Waals surface area contributed by atoms with Crippen LogP contribution in [-0.4, -0.2) is 5.78 Å². The van der Waals surface area contributed by atoms with Gasteiger partial charge in [-0.15, -0.1) is 0 Å². The molecule has 0 aromatic heterocycles. The Kier molecular flexibility index (Phi) is 4.13. The summed E-state index contributed by atoms with van der Waals surface area (Å²) in [5.41, 5.74) is 4.65. The molecule has 0 spiro atoms. The van der Waals surface area contributed by atoms with Gasteiger partial charge in [0.2, 0.25) is 0 Å². The van der Waals surface area contributed by atoms with Crippen molar-refractivity contribution in [2.75, 3.05) is 0 Å². The summed E-state index contributed by atoms with van der Waals surface area (Å²) < 4.78 is 0.971. The molecule has 102 valence electrons. The Bertz CT molecular complexity index is 679. The van der Waals surface area contributed by atoms with Crippen molar-refractivity contribution in [3.63, 3.8) is 0 Å². The van der Waals surface area contributed by atoms with Gasteiger partial charge in [-0.1, -0.05) is 35.9 Å². The van der Waals surface area contributed by atoms with Gasteiger partial charge in [-0.2, -0.15) is 0 Å². The summed E-state index contributed by atoms with van der Waals surface area (Å²) in [5.74, 6) is 0.126. The first kappa shape index (κ1) is 14.1. The molecule has 1 aliphatic rings. The van der Waals surface area contributed by atoms with Crippen LogP contribution in [0.4, 0.5) is 0 Å². The van der Waals surface area contributed by atoms with E-state index in [9.17, 15) is 4.79 Å². The summed E-state index contributed by atoms with van der Waals surface area (Å²) in [5, 5.41) is 0.644. The summed E-state index contributed by atoms with van der Waals surface area (Å²) in [6.07, 6.45) is 4.01. The Hall–Kier alpha value is -0.870. The number of aryl methyl sites for hydroxylation is 2. The second-order valence-corrected chi connectivity index (χ2v) is 6.75. The number of hydrogen-bond acceptors (Lipinski definition) is 1. The molecular weight excluding hydrogens is 383 g/mol. The number of halogens is 2. The molecule has 1 aliphatic carbocycles. The third kappa shape index (κ3) is 2.91. The van der Waals surface area contributed by atoms with Gasteiger partial charge in [-0.05, 0) is 70.7 Å². The Morgan fingerprint density at radius 3 is 2.70 bits per heavy atom. The fraction of sp³-hybridized carbons (Fsp3) is 0.235. The van der Waals surface area contributed by atoms with Crippen LogP contribution in [0.1, 0.15) is 33.5 Å². The number of ketones is 1. The van der Waals surface area contributed by atoms with Crippen LogP contribution in [0.25, 0.3) is 0 Å². The molecule has 0 radical (unpaired) electrons. The fourth-order valence-corrected chi connectivity index (χ4v) is 3.21. The third-order valence-electron chi connectivity index (χ3n) is 3.77. The minimum absolute atomic E-state index is 0.126. The first-order valence-corrected chi connectivity index (χ1v) is 8.18. The highest BCUT2D eigenvalue weighted by molar-refractivity contribution is 14.1. The van der Waals surface area contributed by atoms with Crippen LogP contribution in [-0.2, 0) is 19.3 Å². The normalized spacial score (nSPS) is 13.3. The van der Waals surface area contributed by atoms with Crippen molar-refractivity contribution >= 4 is 40.0 Å². The highest BCUT2D eigenvalue weighted by atomic mass is 127. The molecule has 0 unspecified atom stereocenters. The zero-order valence-electron chi connectivity index (χ0n) is 11.0. The first-order valence-electron chi connectivity index (χ1n) is 6.72. The molecule has 1 nitrogen and oxygen atoms in total. The SMILES string of the molecule is O=C(Cc1ccc2c(c1)CCC2)c1ccc(I)c(Cl)c1. The zero-order chi connectivity index (χ0) is 14.1. The Morgan fingerprint density at radius 2 is 1.90 bits per heavy atom. The maximum Gasteiger partial charge on any atom is 0.167 e. The van der Waals surface area contributed by atoms with Gasteiger partial charge in [0.1, 0.15) is 0 Å². The van der Waals surface area contributed by atoms with Gasteiger partial charge in [0, 0.05) is 15.6 Å². The molecular formula is C17H14ClIO. The van der Waals surface area contributed by atoms with E-state index in [-0.39, 0.29) is 5.78 Å². The second-order valence-electron chi connectivity index (χ2n) is 5.19. The smallest absolute Gasteiger partial charge is 0.167 e. The number of fused-ring (bicyclic) bond motifs is 1. The van der Waals surface area contributed by atoms with E-state index in [1.165, 1.54) is 24.0 Å². The zero-order valence-corrected chi connectivity index (χ0v) is 13.9. The van der Waals surface area contributed by atoms with Crippen LogP contribution in [0.3, 0.4) is 0 Å². The maximum absolute atomic E-state index is 12.3. The van der Waals surface area contributed by atoms with Gasteiger partial charge in [0.05, 0.1) is 5.02 Å². The summed E-state index contributed by atoms with van der Waals surface area (Å²) in [6, 6.07) is 11.9. The minimum Gasteiger partial charge on any atom is -0.294 e. The first-order chi connectivity index (χ1) is 9.63. The van der Waals surface area contributed by atoms with E-state index < -0.39 is 0 Å². The van der Waals surface area contributed by atoms with Crippen LogP contribution in [0, 0.1) is 3.57 Å². The lowest BCUT2D eigenvalue weighted by molar-refractivity contribution is 0.0993. The monoisotopic (exact) mass is 396 g/mol. The van der Waals surface area contributed by atoms with Gasteiger partial charge in [-0.25, -0.2) is 0 Å². The Labute approximate surface area is 137 Å². The van der Waals surface area contributed by atoms with Gasteiger partial charge in [-0.3, -0.25) is 4.79 Å². The number of rotatable bonds is 3. The number of benzene rings is 2. The van der Waals surface area contributed by atoms with Crippen LogP contribution < -0.4 is 0 Å². The third-order valence-corrected chi connectivity index (χ3v) is 5.34. The number of hydrogen-bond donors (Lipinski definition) is 0. The van der Waals surface area contributed by atoms with Gasteiger partial charge < -0.3 is 0 Å². The molecule has 0 amide bonds. The van der Waals surface area contributed by atoms with Gasteiger partial charge in [0.15, 0.2) is 5.78 Å². The summed E-state index contributed by atoms with van der Waals surface area (Å²) in [4.78, 5) is 12.3. The van der Waals surface area contributed by atoms with Crippen LogP contribution in [0.15, 0.2) is 36.4 Å². The van der Waals surface area contributed by atoms with Crippen molar-refractivity contribution in [3.8, 4) is 0 Å². The average molecular weight is 397 g/mol. The second kappa shape index (κ2) is 5.86. The van der Waals surface area contributed by atoms with E-state index >= 15 is 0 Å². The average Bonchev–Trinajstić information content (AvgIpc) is 2.89. The van der Waals surface area contributed by atoms with E-state index in [0.29, 0.717) is 17.0 Å². The van der Waals surface area contributed by atoms with E-state index in [0.717, 1.165) is 15.6 Å². The highest BCUT2D eigenvalue weighted by Gasteiger charge is 2.13. The lowest BCUT2D eigenvalue weighted by Gasteiger charge is -2.06. The topological polar surface area (TPSA) is 17.1 Å². The predicted octanol–water partition coefficient (Wildman–Crippen LogP) is 4.86. The van der Waals surface area contributed by atoms with Crippen molar-refractivity contribution < 1.29 is 4.79 Å². The Morgan fingerprint density at radius 1 is 1.10 bits per heavy atom. The van der Waals surface area contributed by atoms with E-state index in [4.69, 9.17) is 11.6 Å². The molecule has 3 rings (SSSR count). The lowest BCUT2D eigenvalue weighted by atomic mass is 10.00. The van der Waals surface area contributed by atoms with Crippen molar-refractivity contribution in [2.45, 2.75) is 25.7 Å². The minimum atomic E-state index is 0.126. The molecule has 0 bridgehead atoms. The van der Waals surface area contributed by atoms with Crippen LogP contribution in [0.2, 0.25) is 5.02 Å². The summed E-state index contributed by atoms with van der Waals surface area (Å²) >= 11 is 8.24. The van der Waals surface area contributed by atoms with Gasteiger partial charge in [0.25, 0.3) is 0 Å². The largest absolute Gasteiger partial charge is 0.294 e. The van der Waals surface area contributed by atoms with E-state index in [1.807, 2.05) is 12.1 Å². The van der Waals surface area contributed by atoms with Crippen LogP contribution in [0.5, 0.6) is 0 Å². The molecule has 0 saturated heterocycles. The molecule has 0 aliphatic heterocycles. The number of carbonyl (C=O) groups excluding carboxylic acids is 1. The van der Waals surface area contributed by atoms with Gasteiger partial charge >= 0.3 is 0 Å². The molecule has 0 atom stereocenters. The quantitative estimate of drug-likeness (QED) is 0.535. The summed E-state index contributed by atoms with van der Waals surface area (Å²) in [7, 11) is 0. The van der Waals surface area contributed by atoms with Crippen molar-refractivity contribution in [1.82, 2.24) is 0 Å². The van der Waals surface area contributed by atoms with E-state index in [2.05, 4.69) is 40.8 Å². The van der Waals surface area contributed by atoms with E-state index in [1.54, 1.807) is 6.07 Å². The predicted molar refractivity (Wildman–Crippen MR) is 90.7 cm³/mol. The lowest BCUT2D eigenvalue weighted by Crippen LogP contribution is -2.04. The van der Waals surface area contributed by atoms with Crippen molar-refractivity contribution in [2.24, 2.45) is 0 Å². The fourth-order valence-electron chi connectivity index (χ4n) is 2.69. The number of Topliss-reactive ketones (excluding diaryl/α,β-unsaturated/α-hetero) is 1. The Balaban J connectivity index is 1.80. The summed E-state index contributed by atoms with van der Waals surface area (Å²) in [6.45, 7) is 0.